The first-order valence-corrected chi connectivity index (χ1v) is 6.03. The van der Waals surface area contributed by atoms with Crippen LogP contribution >= 0.6 is 0 Å². The highest BCUT2D eigenvalue weighted by Gasteiger charge is 2.08. The van der Waals surface area contributed by atoms with Crippen LogP contribution in [0.15, 0.2) is 12.5 Å². The summed E-state index contributed by atoms with van der Waals surface area (Å²) in [6.07, 6.45) is 4.57. The standard InChI is InChI=1S/C12H23N3O/c1-4-5-15-9-14-7-11(15)6-13-8-12(16)10(2)3/h7,9-10,12-13,16H,4-6,8H2,1-3H3. The van der Waals surface area contributed by atoms with Crippen LogP contribution in [-0.2, 0) is 13.1 Å². The topological polar surface area (TPSA) is 50.1 Å². The van der Waals surface area contributed by atoms with Crippen molar-refractivity contribution in [2.24, 2.45) is 5.92 Å². The maximum absolute atomic E-state index is 9.64. The highest BCUT2D eigenvalue weighted by Crippen LogP contribution is 2.02. The van der Waals surface area contributed by atoms with Gasteiger partial charge in [0.2, 0.25) is 0 Å². The predicted octanol–water partition coefficient (Wildman–Crippen LogP) is 1.40. The summed E-state index contributed by atoms with van der Waals surface area (Å²) in [7, 11) is 0. The molecule has 1 atom stereocenters. The second kappa shape index (κ2) is 6.66. The van der Waals surface area contributed by atoms with E-state index in [0.29, 0.717) is 12.5 Å². The number of aliphatic hydroxyl groups is 1. The number of aryl methyl sites for hydroxylation is 1. The molecule has 1 unspecified atom stereocenters. The summed E-state index contributed by atoms with van der Waals surface area (Å²) < 4.78 is 2.15. The largest absolute Gasteiger partial charge is 0.392 e. The van der Waals surface area contributed by atoms with Gasteiger partial charge in [-0.3, -0.25) is 0 Å². The van der Waals surface area contributed by atoms with Gasteiger partial charge in [-0.25, -0.2) is 4.98 Å². The summed E-state index contributed by atoms with van der Waals surface area (Å²) in [5.41, 5.74) is 1.18. The molecule has 0 aliphatic heterocycles. The van der Waals surface area contributed by atoms with E-state index in [-0.39, 0.29) is 6.10 Å². The molecule has 0 amide bonds. The summed E-state index contributed by atoms with van der Waals surface area (Å²) in [6, 6.07) is 0. The number of imidazole rings is 1. The van der Waals surface area contributed by atoms with Gasteiger partial charge in [0.05, 0.1) is 18.1 Å². The molecule has 92 valence electrons. The summed E-state index contributed by atoms with van der Waals surface area (Å²) >= 11 is 0. The molecule has 4 nitrogen and oxygen atoms in total. The minimum atomic E-state index is -0.275. The Labute approximate surface area is 97.7 Å². The SMILES string of the molecule is CCCn1cncc1CNCC(O)C(C)C. The van der Waals surface area contributed by atoms with Gasteiger partial charge in [0.15, 0.2) is 0 Å². The Morgan fingerprint density at radius 1 is 1.50 bits per heavy atom. The van der Waals surface area contributed by atoms with Gasteiger partial charge in [-0.15, -0.1) is 0 Å². The number of hydrogen-bond donors (Lipinski definition) is 2. The molecule has 1 aromatic rings. The Kier molecular flexibility index (Phi) is 5.49. The van der Waals surface area contributed by atoms with Gasteiger partial charge < -0.3 is 15.0 Å². The minimum absolute atomic E-state index is 0.275. The van der Waals surface area contributed by atoms with Crippen LogP contribution in [-0.4, -0.2) is 27.3 Å². The van der Waals surface area contributed by atoms with Gasteiger partial charge in [-0.05, 0) is 12.3 Å². The van der Waals surface area contributed by atoms with Gasteiger partial charge in [0.25, 0.3) is 0 Å². The zero-order valence-corrected chi connectivity index (χ0v) is 10.5. The molecular weight excluding hydrogens is 202 g/mol. The Balaban J connectivity index is 2.34. The van der Waals surface area contributed by atoms with E-state index >= 15 is 0 Å². The van der Waals surface area contributed by atoms with Crippen LogP contribution in [0.25, 0.3) is 0 Å². The monoisotopic (exact) mass is 225 g/mol. The van der Waals surface area contributed by atoms with E-state index in [1.54, 1.807) is 0 Å². The maximum atomic E-state index is 9.64. The van der Waals surface area contributed by atoms with Crippen molar-refractivity contribution in [1.82, 2.24) is 14.9 Å². The lowest BCUT2D eigenvalue weighted by Crippen LogP contribution is -2.30. The predicted molar refractivity (Wildman–Crippen MR) is 65.1 cm³/mol. The Morgan fingerprint density at radius 2 is 2.25 bits per heavy atom. The molecule has 0 aromatic carbocycles. The minimum Gasteiger partial charge on any atom is -0.392 e. The Hall–Kier alpha value is -0.870. The fourth-order valence-corrected chi connectivity index (χ4v) is 1.52. The number of nitrogens with zero attached hydrogens (tertiary/aromatic N) is 2. The molecule has 4 heteroatoms. The molecule has 0 saturated heterocycles. The second-order valence-electron chi connectivity index (χ2n) is 4.52. The maximum Gasteiger partial charge on any atom is 0.0948 e. The fourth-order valence-electron chi connectivity index (χ4n) is 1.52. The van der Waals surface area contributed by atoms with Gasteiger partial charge in [0, 0.05) is 25.8 Å². The highest BCUT2D eigenvalue weighted by molar-refractivity contribution is 4.97. The number of nitrogens with one attached hydrogen (secondary N) is 1. The molecule has 0 radical (unpaired) electrons. The van der Waals surface area contributed by atoms with Crippen LogP contribution in [0.1, 0.15) is 32.9 Å². The first-order valence-electron chi connectivity index (χ1n) is 6.03. The third-order valence-electron chi connectivity index (χ3n) is 2.69. The Morgan fingerprint density at radius 3 is 2.88 bits per heavy atom. The van der Waals surface area contributed by atoms with E-state index in [1.165, 1.54) is 5.69 Å². The van der Waals surface area contributed by atoms with Crippen molar-refractivity contribution in [3.8, 4) is 0 Å². The number of rotatable bonds is 7. The normalized spacial score (nSPS) is 13.3. The third kappa shape index (κ3) is 3.94. The van der Waals surface area contributed by atoms with Crippen molar-refractivity contribution in [3.63, 3.8) is 0 Å². The van der Waals surface area contributed by atoms with Crippen molar-refractivity contribution < 1.29 is 5.11 Å². The van der Waals surface area contributed by atoms with Crippen LogP contribution in [0, 0.1) is 5.92 Å². The van der Waals surface area contributed by atoms with Crippen molar-refractivity contribution in [2.45, 2.75) is 46.4 Å². The molecule has 0 aliphatic carbocycles. The summed E-state index contributed by atoms with van der Waals surface area (Å²) in [4.78, 5) is 4.13. The molecule has 2 N–H and O–H groups in total. The quantitative estimate of drug-likeness (QED) is 0.737. The van der Waals surface area contributed by atoms with E-state index in [0.717, 1.165) is 19.5 Å². The van der Waals surface area contributed by atoms with E-state index in [1.807, 2.05) is 26.4 Å². The fraction of sp³-hybridized carbons (Fsp3) is 0.750. The summed E-state index contributed by atoms with van der Waals surface area (Å²) in [5, 5.41) is 12.9. The zero-order chi connectivity index (χ0) is 12.0. The average Bonchev–Trinajstić information content (AvgIpc) is 2.66. The lowest BCUT2D eigenvalue weighted by Gasteiger charge is -2.15. The van der Waals surface area contributed by atoms with Crippen LogP contribution in [0.4, 0.5) is 0 Å². The van der Waals surface area contributed by atoms with Crippen molar-refractivity contribution in [3.05, 3.63) is 18.2 Å². The van der Waals surface area contributed by atoms with Crippen LogP contribution in [0.3, 0.4) is 0 Å². The molecule has 0 aliphatic rings. The van der Waals surface area contributed by atoms with E-state index in [4.69, 9.17) is 0 Å². The molecule has 16 heavy (non-hydrogen) atoms. The first-order chi connectivity index (χ1) is 7.65. The van der Waals surface area contributed by atoms with Crippen LogP contribution in [0.2, 0.25) is 0 Å². The third-order valence-corrected chi connectivity index (χ3v) is 2.69. The van der Waals surface area contributed by atoms with Gasteiger partial charge in [-0.1, -0.05) is 20.8 Å². The van der Waals surface area contributed by atoms with E-state index in [2.05, 4.69) is 21.8 Å². The van der Waals surface area contributed by atoms with Gasteiger partial charge in [0.1, 0.15) is 0 Å². The molecular formula is C12H23N3O. The van der Waals surface area contributed by atoms with Gasteiger partial charge in [-0.2, -0.15) is 0 Å². The first kappa shape index (κ1) is 13.2. The number of aliphatic hydroxyl groups excluding tert-OH is 1. The molecule has 0 spiro atoms. The summed E-state index contributed by atoms with van der Waals surface area (Å²) in [6.45, 7) is 8.60. The second-order valence-corrected chi connectivity index (χ2v) is 4.52. The smallest absolute Gasteiger partial charge is 0.0948 e. The molecule has 1 aromatic heterocycles. The Bertz CT molecular complexity index is 296. The number of aromatic nitrogens is 2. The van der Waals surface area contributed by atoms with Gasteiger partial charge >= 0.3 is 0 Å². The number of hydrogen-bond acceptors (Lipinski definition) is 3. The van der Waals surface area contributed by atoms with Crippen LogP contribution in [0.5, 0.6) is 0 Å². The molecule has 0 fully saturated rings. The van der Waals surface area contributed by atoms with Crippen LogP contribution < -0.4 is 5.32 Å². The lowest BCUT2D eigenvalue weighted by atomic mass is 10.1. The highest BCUT2D eigenvalue weighted by atomic mass is 16.3. The van der Waals surface area contributed by atoms with Crippen molar-refractivity contribution in [2.75, 3.05) is 6.54 Å². The van der Waals surface area contributed by atoms with E-state index < -0.39 is 0 Å². The van der Waals surface area contributed by atoms with E-state index in [9.17, 15) is 5.11 Å². The summed E-state index contributed by atoms with van der Waals surface area (Å²) in [5.74, 6) is 0.299. The van der Waals surface area contributed by atoms with Crippen molar-refractivity contribution in [1.29, 1.82) is 0 Å². The molecule has 1 heterocycles. The molecule has 0 bridgehead atoms. The lowest BCUT2D eigenvalue weighted by molar-refractivity contribution is 0.123. The molecule has 1 rings (SSSR count). The van der Waals surface area contributed by atoms with Crippen molar-refractivity contribution >= 4 is 0 Å². The zero-order valence-electron chi connectivity index (χ0n) is 10.5. The average molecular weight is 225 g/mol. The molecule has 0 saturated carbocycles.